The zero-order chi connectivity index (χ0) is 13.7. The molecule has 1 aromatic heterocycles. The van der Waals surface area contributed by atoms with Crippen LogP contribution in [-0.4, -0.2) is 23.1 Å². The lowest BCUT2D eigenvalue weighted by molar-refractivity contribution is 0.0924. The molecule has 0 bridgehead atoms. The Kier molecular flexibility index (Phi) is 5.69. The van der Waals surface area contributed by atoms with E-state index in [1.54, 1.807) is 12.3 Å². The summed E-state index contributed by atoms with van der Waals surface area (Å²) in [6.07, 6.45) is 2.64. The largest absolute Gasteiger partial charge is 0.347 e. The van der Waals surface area contributed by atoms with Crippen molar-refractivity contribution >= 4 is 17.5 Å². The summed E-state index contributed by atoms with van der Waals surface area (Å²) >= 11 is 5.92. The van der Waals surface area contributed by atoms with Gasteiger partial charge in [0.1, 0.15) is 5.69 Å². The van der Waals surface area contributed by atoms with E-state index in [1.165, 1.54) is 0 Å². The van der Waals surface area contributed by atoms with Crippen molar-refractivity contribution in [1.29, 1.82) is 0 Å². The van der Waals surface area contributed by atoms with E-state index in [2.05, 4.69) is 19.2 Å². The van der Waals surface area contributed by atoms with Gasteiger partial charge in [-0.3, -0.25) is 4.79 Å². The summed E-state index contributed by atoms with van der Waals surface area (Å²) in [5.74, 6) is 0.389. The Morgan fingerprint density at radius 2 is 2.22 bits per heavy atom. The predicted octanol–water partition coefficient (Wildman–Crippen LogP) is 2.26. The molecule has 0 saturated heterocycles. The lowest BCUT2D eigenvalue weighted by Gasteiger charge is -2.19. The minimum absolute atomic E-state index is 0.0106. The fraction of sp³-hybridized carbons (Fsp3) is 0.615. The third kappa shape index (κ3) is 4.03. The van der Waals surface area contributed by atoms with E-state index in [4.69, 9.17) is 17.3 Å². The van der Waals surface area contributed by atoms with Crippen molar-refractivity contribution in [2.75, 3.05) is 6.54 Å². The standard InChI is InChI=1S/C13H22ClN3O/c1-4-17-8-10(14)6-12(17)13(18)16-11(7-15)5-9(2)3/h6,8-9,11H,4-5,7,15H2,1-3H3,(H,16,18). The second-order valence-corrected chi connectivity index (χ2v) is 5.30. The normalized spacial score (nSPS) is 12.8. The second-order valence-electron chi connectivity index (χ2n) is 4.87. The number of nitrogens with one attached hydrogen (secondary N) is 1. The fourth-order valence-electron chi connectivity index (χ4n) is 1.97. The van der Waals surface area contributed by atoms with Crippen LogP contribution in [0.5, 0.6) is 0 Å². The average Bonchev–Trinajstić information content (AvgIpc) is 2.69. The molecule has 1 aromatic rings. The number of hydrogen-bond acceptors (Lipinski definition) is 2. The van der Waals surface area contributed by atoms with Gasteiger partial charge in [-0.1, -0.05) is 25.4 Å². The van der Waals surface area contributed by atoms with Crippen molar-refractivity contribution in [3.05, 3.63) is 23.0 Å². The van der Waals surface area contributed by atoms with Gasteiger partial charge in [0.2, 0.25) is 0 Å². The number of aryl methyl sites for hydroxylation is 1. The smallest absolute Gasteiger partial charge is 0.268 e. The van der Waals surface area contributed by atoms with Crippen LogP contribution in [0.4, 0.5) is 0 Å². The topological polar surface area (TPSA) is 60.0 Å². The second kappa shape index (κ2) is 6.81. The number of hydrogen-bond donors (Lipinski definition) is 2. The zero-order valence-electron chi connectivity index (χ0n) is 11.2. The van der Waals surface area contributed by atoms with E-state index in [-0.39, 0.29) is 11.9 Å². The van der Waals surface area contributed by atoms with Crippen LogP contribution in [0.25, 0.3) is 0 Å². The van der Waals surface area contributed by atoms with E-state index >= 15 is 0 Å². The number of carbonyl (C=O) groups excluding carboxylic acids is 1. The van der Waals surface area contributed by atoms with E-state index < -0.39 is 0 Å². The molecular formula is C13H22ClN3O. The molecule has 3 N–H and O–H groups in total. The van der Waals surface area contributed by atoms with Gasteiger partial charge in [0, 0.05) is 25.3 Å². The van der Waals surface area contributed by atoms with Gasteiger partial charge >= 0.3 is 0 Å². The monoisotopic (exact) mass is 271 g/mol. The number of rotatable bonds is 6. The molecule has 5 heteroatoms. The Balaban J connectivity index is 2.74. The molecule has 0 aliphatic heterocycles. The van der Waals surface area contributed by atoms with Gasteiger partial charge in [0.25, 0.3) is 5.91 Å². The minimum atomic E-state index is -0.111. The van der Waals surface area contributed by atoms with Crippen molar-refractivity contribution in [3.8, 4) is 0 Å². The Labute approximate surface area is 113 Å². The van der Waals surface area contributed by atoms with Crippen molar-refractivity contribution in [1.82, 2.24) is 9.88 Å². The quantitative estimate of drug-likeness (QED) is 0.834. The number of carbonyl (C=O) groups is 1. The summed E-state index contributed by atoms with van der Waals surface area (Å²) in [7, 11) is 0. The highest BCUT2D eigenvalue weighted by molar-refractivity contribution is 6.31. The highest BCUT2D eigenvalue weighted by Crippen LogP contribution is 2.14. The third-order valence-corrected chi connectivity index (χ3v) is 3.02. The Morgan fingerprint density at radius 1 is 1.56 bits per heavy atom. The van der Waals surface area contributed by atoms with Crippen LogP contribution >= 0.6 is 11.6 Å². The fourth-order valence-corrected chi connectivity index (χ4v) is 2.19. The molecule has 0 aromatic carbocycles. The minimum Gasteiger partial charge on any atom is -0.347 e. The molecule has 18 heavy (non-hydrogen) atoms. The van der Waals surface area contributed by atoms with Crippen LogP contribution in [0.15, 0.2) is 12.3 Å². The van der Waals surface area contributed by atoms with Gasteiger partial charge in [-0.2, -0.15) is 0 Å². The van der Waals surface area contributed by atoms with Crippen LogP contribution in [-0.2, 0) is 6.54 Å². The summed E-state index contributed by atoms with van der Waals surface area (Å²) in [6.45, 7) is 7.36. The first-order chi connectivity index (χ1) is 8.47. The Hall–Kier alpha value is -1.00. The van der Waals surface area contributed by atoms with E-state index in [0.717, 1.165) is 6.42 Å². The molecule has 0 aliphatic carbocycles. The molecule has 1 unspecified atom stereocenters. The number of aromatic nitrogens is 1. The number of halogens is 1. The Morgan fingerprint density at radius 3 is 2.72 bits per heavy atom. The van der Waals surface area contributed by atoms with Gasteiger partial charge in [-0.15, -0.1) is 0 Å². The van der Waals surface area contributed by atoms with Crippen LogP contribution < -0.4 is 11.1 Å². The van der Waals surface area contributed by atoms with Crippen LogP contribution in [0.1, 0.15) is 37.7 Å². The molecule has 1 rings (SSSR count). The third-order valence-electron chi connectivity index (χ3n) is 2.81. The first kappa shape index (κ1) is 15.1. The summed E-state index contributed by atoms with van der Waals surface area (Å²) in [5, 5.41) is 3.54. The van der Waals surface area contributed by atoms with Gasteiger partial charge in [-0.05, 0) is 25.3 Å². The maximum absolute atomic E-state index is 12.1. The lowest BCUT2D eigenvalue weighted by Crippen LogP contribution is -2.41. The van der Waals surface area contributed by atoms with Crippen LogP contribution in [0.2, 0.25) is 5.02 Å². The summed E-state index contributed by atoms with van der Waals surface area (Å²) in [6, 6.07) is 1.69. The first-order valence-electron chi connectivity index (χ1n) is 6.34. The highest BCUT2D eigenvalue weighted by atomic mass is 35.5. The average molecular weight is 272 g/mol. The highest BCUT2D eigenvalue weighted by Gasteiger charge is 2.17. The van der Waals surface area contributed by atoms with Gasteiger partial charge in [0.15, 0.2) is 0 Å². The number of nitrogens with zero attached hydrogens (tertiary/aromatic N) is 1. The Bertz CT molecular complexity index is 401. The number of amides is 1. The zero-order valence-corrected chi connectivity index (χ0v) is 12.0. The summed E-state index contributed by atoms with van der Waals surface area (Å²) < 4.78 is 1.83. The number of nitrogens with two attached hydrogens (primary N) is 1. The van der Waals surface area contributed by atoms with Gasteiger partial charge < -0.3 is 15.6 Å². The predicted molar refractivity (Wildman–Crippen MR) is 74.9 cm³/mol. The molecule has 1 atom stereocenters. The van der Waals surface area contributed by atoms with E-state index in [0.29, 0.717) is 29.7 Å². The van der Waals surface area contributed by atoms with Gasteiger partial charge in [-0.25, -0.2) is 0 Å². The molecule has 1 amide bonds. The summed E-state index contributed by atoms with van der Waals surface area (Å²) in [4.78, 5) is 12.1. The molecule has 4 nitrogen and oxygen atoms in total. The molecule has 0 radical (unpaired) electrons. The van der Waals surface area contributed by atoms with Crippen LogP contribution in [0, 0.1) is 5.92 Å². The maximum atomic E-state index is 12.1. The van der Waals surface area contributed by atoms with Crippen molar-refractivity contribution < 1.29 is 4.79 Å². The van der Waals surface area contributed by atoms with E-state index in [9.17, 15) is 4.79 Å². The molecular weight excluding hydrogens is 250 g/mol. The molecule has 0 spiro atoms. The summed E-state index contributed by atoms with van der Waals surface area (Å²) in [5.41, 5.74) is 6.26. The van der Waals surface area contributed by atoms with Crippen molar-refractivity contribution in [2.24, 2.45) is 11.7 Å². The molecule has 0 fully saturated rings. The molecule has 1 heterocycles. The van der Waals surface area contributed by atoms with Crippen molar-refractivity contribution in [3.63, 3.8) is 0 Å². The molecule has 102 valence electrons. The SMILES string of the molecule is CCn1cc(Cl)cc1C(=O)NC(CN)CC(C)C. The van der Waals surface area contributed by atoms with E-state index in [1.807, 2.05) is 11.5 Å². The van der Waals surface area contributed by atoms with Gasteiger partial charge in [0.05, 0.1) is 5.02 Å². The maximum Gasteiger partial charge on any atom is 0.268 e. The van der Waals surface area contributed by atoms with Crippen LogP contribution in [0.3, 0.4) is 0 Å². The lowest BCUT2D eigenvalue weighted by atomic mass is 10.0. The molecule has 0 aliphatic rings. The van der Waals surface area contributed by atoms with Crippen molar-refractivity contribution in [2.45, 2.75) is 39.8 Å². The molecule has 0 saturated carbocycles. The first-order valence-corrected chi connectivity index (χ1v) is 6.72.